The van der Waals surface area contributed by atoms with E-state index in [2.05, 4.69) is 34.6 Å². The fraction of sp³-hybridized carbons (Fsp3) is 1.00. The van der Waals surface area contributed by atoms with Crippen LogP contribution in [-0.2, 0) is 4.74 Å². The van der Waals surface area contributed by atoms with Crippen LogP contribution in [-0.4, -0.2) is 28.5 Å². The van der Waals surface area contributed by atoms with Gasteiger partial charge in [0.1, 0.15) is 0 Å². The Labute approximate surface area is 112 Å². The van der Waals surface area contributed by atoms with Crippen LogP contribution in [0.4, 0.5) is 0 Å². The minimum atomic E-state index is -0.581. The van der Waals surface area contributed by atoms with E-state index < -0.39 is 6.29 Å². The van der Waals surface area contributed by atoms with Crippen LogP contribution in [0.3, 0.4) is 0 Å². The van der Waals surface area contributed by atoms with E-state index in [0.29, 0.717) is 23.2 Å². The Bertz CT molecular complexity index is 197. The summed E-state index contributed by atoms with van der Waals surface area (Å²) in [7, 11) is 0. The summed E-state index contributed by atoms with van der Waals surface area (Å²) in [6.07, 6.45) is 2.31. The molecule has 0 saturated heterocycles. The fourth-order valence-electron chi connectivity index (χ4n) is 2.07. The smallest absolute Gasteiger partial charge is 0.154 e. The van der Waals surface area contributed by atoms with E-state index >= 15 is 0 Å². The number of hydrogen-bond acceptors (Lipinski definition) is 3. The molecule has 0 amide bonds. The normalized spacial score (nSPS) is 15.0. The highest BCUT2D eigenvalue weighted by Crippen LogP contribution is 2.36. The molecule has 3 heteroatoms. The Hall–Kier alpha value is 0.270. The second kappa shape index (κ2) is 7.65. The van der Waals surface area contributed by atoms with E-state index in [0.717, 1.165) is 12.2 Å². The quantitative estimate of drug-likeness (QED) is 0.528. The zero-order valence-electron chi connectivity index (χ0n) is 12.4. The van der Waals surface area contributed by atoms with Crippen molar-refractivity contribution in [2.45, 2.75) is 71.8 Å². The van der Waals surface area contributed by atoms with Crippen molar-refractivity contribution in [2.24, 2.45) is 5.41 Å². The van der Waals surface area contributed by atoms with E-state index in [1.165, 1.54) is 6.42 Å². The zero-order valence-corrected chi connectivity index (χ0v) is 13.2. The van der Waals surface area contributed by atoms with Gasteiger partial charge in [-0.05, 0) is 30.4 Å². The Morgan fingerprint density at radius 2 is 1.76 bits per heavy atom. The van der Waals surface area contributed by atoms with Gasteiger partial charge >= 0.3 is 0 Å². The predicted molar refractivity (Wildman–Crippen MR) is 77.5 cm³/mol. The third-order valence-electron chi connectivity index (χ3n) is 2.40. The Morgan fingerprint density at radius 3 is 2.24 bits per heavy atom. The third-order valence-corrected chi connectivity index (χ3v) is 3.82. The minimum absolute atomic E-state index is 0.321. The molecular weight excluding hydrogens is 232 g/mol. The predicted octanol–water partition coefficient (Wildman–Crippen LogP) is 4.07. The fourth-order valence-corrected chi connectivity index (χ4v) is 3.42. The molecule has 0 aromatic rings. The highest BCUT2D eigenvalue weighted by molar-refractivity contribution is 8.00. The van der Waals surface area contributed by atoms with Gasteiger partial charge in [0.15, 0.2) is 6.29 Å². The van der Waals surface area contributed by atoms with Gasteiger partial charge in [0.05, 0.1) is 6.61 Å². The summed E-state index contributed by atoms with van der Waals surface area (Å²) in [5.74, 6) is 1.10. The summed E-state index contributed by atoms with van der Waals surface area (Å²) in [5, 5.41) is 9.24. The molecule has 0 aliphatic heterocycles. The van der Waals surface area contributed by atoms with Gasteiger partial charge < -0.3 is 9.84 Å². The number of thioether (sulfide) groups is 1. The topological polar surface area (TPSA) is 29.5 Å². The van der Waals surface area contributed by atoms with E-state index in [4.69, 9.17) is 4.74 Å². The van der Waals surface area contributed by atoms with Crippen molar-refractivity contribution in [3.05, 3.63) is 0 Å². The van der Waals surface area contributed by atoms with Crippen LogP contribution in [0.5, 0.6) is 0 Å². The molecule has 0 spiro atoms. The number of ether oxygens (including phenoxy) is 1. The molecule has 0 aliphatic rings. The van der Waals surface area contributed by atoms with Gasteiger partial charge in [0, 0.05) is 4.75 Å². The van der Waals surface area contributed by atoms with Crippen LogP contribution in [0.25, 0.3) is 0 Å². The molecule has 0 aliphatic carbocycles. The first-order valence-electron chi connectivity index (χ1n) is 6.60. The molecular formula is C14H30O2S. The van der Waals surface area contributed by atoms with Gasteiger partial charge in [0.25, 0.3) is 0 Å². The lowest BCUT2D eigenvalue weighted by Gasteiger charge is -2.32. The molecule has 1 unspecified atom stereocenters. The first kappa shape index (κ1) is 17.3. The van der Waals surface area contributed by atoms with Crippen LogP contribution in [0.15, 0.2) is 0 Å². The van der Waals surface area contributed by atoms with E-state index in [1.807, 2.05) is 18.7 Å². The average molecular weight is 262 g/mol. The Balaban J connectivity index is 3.66. The maximum absolute atomic E-state index is 9.24. The number of aliphatic hydroxyl groups is 1. The molecule has 0 aromatic heterocycles. The summed E-state index contributed by atoms with van der Waals surface area (Å²) >= 11 is 2.00. The first-order valence-corrected chi connectivity index (χ1v) is 7.58. The number of rotatable bonds is 8. The monoisotopic (exact) mass is 262 g/mol. The number of aliphatic hydroxyl groups excluding tert-OH is 1. The molecule has 2 nitrogen and oxygen atoms in total. The average Bonchev–Trinajstić information content (AvgIpc) is 2.12. The SMILES string of the molecule is CCC(O)OCCCSC(C)(C)CC(C)(C)C. The maximum Gasteiger partial charge on any atom is 0.154 e. The van der Waals surface area contributed by atoms with Crippen LogP contribution in [0.2, 0.25) is 0 Å². The molecule has 0 bridgehead atoms. The number of hydrogen-bond donors (Lipinski definition) is 1. The van der Waals surface area contributed by atoms with Gasteiger partial charge in [-0.2, -0.15) is 11.8 Å². The van der Waals surface area contributed by atoms with Gasteiger partial charge in [-0.3, -0.25) is 0 Å². The molecule has 104 valence electrons. The van der Waals surface area contributed by atoms with Gasteiger partial charge in [0.2, 0.25) is 0 Å². The van der Waals surface area contributed by atoms with Crippen molar-refractivity contribution in [1.82, 2.24) is 0 Å². The highest BCUT2D eigenvalue weighted by atomic mass is 32.2. The van der Waals surface area contributed by atoms with Crippen LogP contribution < -0.4 is 0 Å². The molecule has 1 atom stereocenters. The Kier molecular flexibility index (Phi) is 7.77. The van der Waals surface area contributed by atoms with Crippen molar-refractivity contribution in [3.8, 4) is 0 Å². The van der Waals surface area contributed by atoms with Crippen molar-refractivity contribution < 1.29 is 9.84 Å². The van der Waals surface area contributed by atoms with Crippen LogP contribution >= 0.6 is 11.8 Å². The standard InChI is InChI=1S/C14H30O2S/c1-7-12(15)16-9-8-10-17-14(5,6)11-13(2,3)4/h12,15H,7-11H2,1-6H3. The lowest BCUT2D eigenvalue weighted by atomic mass is 9.86. The molecule has 1 N–H and O–H groups in total. The Morgan fingerprint density at radius 1 is 1.18 bits per heavy atom. The largest absolute Gasteiger partial charge is 0.368 e. The molecule has 0 saturated carbocycles. The highest BCUT2D eigenvalue weighted by Gasteiger charge is 2.25. The summed E-state index contributed by atoms with van der Waals surface area (Å²) in [5.41, 5.74) is 0.380. The van der Waals surface area contributed by atoms with Crippen molar-refractivity contribution in [2.75, 3.05) is 12.4 Å². The van der Waals surface area contributed by atoms with Gasteiger partial charge in [-0.15, -0.1) is 0 Å². The molecule has 0 heterocycles. The van der Waals surface area contributed by atoms with Crippen LogP contribution in [0, 0.1) is 5.41 Å². The van der Waals surface area contributed by atoms with Crippen LogP contribution in [0.1, 0.15) is 60.8 Å². The minimum Gasteiger partial charge on any atom is -0.368 e. The molecule has 0 rings (SSSR count). The second-order valence-corrected chi connectivity index (χ2v) is 8.23. The summed E-state index contributed by atoms with van der Waals surface area (Å²) in [4.78, 5) is 0. The second-order valence-electron chi connectivity index (χ2n) is 6.43. The van der Waals surface area contributed by atoms with Crippen molar-refractivity contribution in [1.29, 1.82) is 0 Å². The van der Waals surface area contributed by atoms with Gasteiger partial charge in [-0.25, -0.2) is 0 Å². The summed E-state index contributed by atoms with van der Waals surface area (Å²) in [6, 6.07) is 0. The maximum atomic E-state index is 9.24. The summed E-state index contributed by atoms with van der Waals surface area (Å²) in [6.45, 7) is 14.1. The first-order chi connectivity index (χ1) is 7.66. The van der Waals surface area contributed by atoms with E-state index in [9.17, 15) is 5.11 Å². The summed E-state index contributed by atoms with van der Waals surface area (Å²) < 4.78 is 5.57. The third kappa shape index (κ3) is 11.1. The lowest BCUT2D eigenvalue weighted by Crippen LogP contribution is -2.24. The van der Waals surface area contributed by atoms with Crippen molar-refractivity contribution in [3.63, 3.8) is 0 Å². The molecule has 0 aromatic carbocycles. The molecule has 0 radical (unpaired) electrons. The van der Waals surface area contributed by atoms with Crippen molar-refractivity contribution >= 4 is 11.8 Å². The molecule has 0 fully saturated rings. The van der Waals surface area contributed by atoms with E-state index in [-0.39, 0.29) is 0 Å². The molecule has 17 heavy (non-hydrogen) atoms. The lowest BCUT2D eigenvalue weighted by molar-refractivity contribution is -0.0994. The van der Waals surface area contributed by atoms with E-state index in [1.54, 1.807) is 0 Å². The van der Waals surface area contributed by atoms with Gasteiger partial charge in [-0.1, -0.05) is 41.5 Å². The zero-order chi connectivity index (χ0) is 13.5.